The average Bonchev–Trinajstić information content (AvgIpc) is 2.36. The highest BCUT2D eigenvalue weighted by Gasteiger charge is 2.39. The van der Waals surface area contributed by atoms with E-state index in [2.05, 4.69) is 0 Å². The lowest BCUT2D eigenvalue weighted by Crippen LogP contribution is -2.39. The molecule has 2 rings (SSSR count). The summed E-state index contributed by atoms with van der Waals surface area (Å²) < 4.78 is 0. The molecule has 5 unspecified atom stereocenters. The molecule has 2 aliphatic carbocycles. The Balaban J connectivity index is 1.96. The Kier molecular flexibility index (Phi) is 4.22. The van der Waals surface area contributed by atoms with Gasteiger partial charge in [-0.05, 0) is 61.7 Å². The summed E-state index contributed by atoms with van der Waals surface area (Å²) in [6.45, 7) is 0.743. The van der Waals surface area contributed by atoms with Crippen molar-refractivity contribution >= 4 is 0 Å². The Bertz CT molecular complexity index is 219. The largest absolute Gasteiger partial charge is 0.396 e. The highest BCUT2D eigenvalue weighted by molar-refractivity contribution is 4.89. The summed E-state index contributed by atoms with van der Waals surface area (Å²) >= 11 is 0. The van der Waals surface area contributed by atoms with Crippen LogP contribution in [0, 0.1) is 29.6 Å². The van der Waals surface area contributed by atoms with E-state index in [0.717, 1.165) is 31.6 Å². The summed E-state index contributed by atoms with van der Waals surface area (Å²) in [6.07, 6.45) is 5.58. The number of aliphatic hydroxyl groups is 3. The monoisotopic (exact) mass is 228 g/mol. The van der Waals surface area contributed by atoms with E-state index in [-0.39, 0.29) is 19.1 Å². The van der Waals surface area contributed by atoms with Gasteiger partial charge >= 0.3 is 0 Å². The summed E-state index contributed by atoms with van der Waals surface area (Å²) in [5.41, 5.74) is 0. The van der Waals surface area contributed by atoms with Crippen LogP contribution in [0.3, 0.4) is 0 Å². The maximum atomic E-state index is 9.35. The first-order valence-electron chi connectivity index (χ1n) is 6.61. The lowest BCUT2D eigenvalue weighted by molar-refractivity contribution is -0.00118. The highest BCUT2D eigenvalue weighted by Crippen LogP contribution is 2.46. The van der Waals surface area contributed by atoms with Crippen molar-refractivity contribution in [1.29, 1.82) is 0 Å². The van der Waals surface area contributed by atoms with E-state index in [9.17, 15) is 15.3 Å². The Hall–Kier alpha value is -0.120. The third-order valence-electron chi connectivity index (χ3n) is 4.85. The smallest absolute Gasteiger partial charge is 0.0462 e. The number of rotatable bonds is 3. The van der Waals surface area contributed by atoms with Gasteiger partial charge in [-0.2, -0.15) is 0 Å². The normalized spacial score (nSPS) is 44.1. The molecule has 0 saturated heterocycles. The fourth-order valence-electron chi connectivity index (χ4n) is 3.80. The third-order valence-corrected chi connectivity index (χ3v) is 4.85. The lowest BCUT2D eigenvalue weighted by Gasteiger charge is -2.44. The first-order chi connectivity index (χ1) is 7.78. The number of hydrogen-bond acceptors (Lipinski definition) is 3. The summed E-state index contributed by atoms with van der Waals surface area (Å²) in [6, 6.07) is 0. The van der Waals surface area contributed by atoms with E-state index in [1.807, 2.05) is 0 Å². The van der Waals surface area contributed by atoms with E-state index < -0.39 is 0 Å². The number of hydrogen-bond donors (Lipinski definition) is 3. The van der Waals surface area contributed by atoms with Crippen molar-refractivity contribution in [3.63, 3.8) is 0 Å². The molecule has 94 valence electrons. The predicted molar refractivity (Wildman–Crippen MR) is 61.8 cm³/mol. The fourth-order valence-corrected chi connectivity index (χ4v) is 3.80. The van der Waals surface area contributed by atoms with E-state index in [4.69, 9.17) is 0 Å². The second kappa shape index (κ2) is 5.48. The molecular weight excluding hydrogens is 204 g/mol. The molecule has 0 aromatic rings. The van der Waals surface area contributed by atoms with Crippen LogP contribution in [0.1, 0.15) is 32.1 Å². The predicted octanol–water partition coefficient (Wildman–Crippen LogP) is 1.02. The van der Waals surface area contributed by atoms with Gasteiger partial charge in [0, 0.05) is 19.8 Å². The summed E-state index contributed by atoms with van der Waals surface area (Å²) in [7, 11) is 0. The molecule has 2 aliphatic rings. The van der Waals surface area contributed by atoms with Crippen molar-refractivity contribution in [2.75, 3.05) is 19.8 Å². The molecule has 3 heteroatoms. The van der Waals surface area contributed by atoms with Crippen LogP contribution in [0.15, 0.2) is 0 Å². The Morgan fingerprint density at radius 2 is 1.31 bits per heavy atom. The quantitative estimate of drug-likeness (QED) is 0.676. The molecule has 16 heavy (non-hydrogen) atoms. The maximum absolute atomic E-state index is 9.35. The molecule has 0 aromatic heterocycles. The van der Waals surface area contributed by atoms with E-state index in [0.29, 0.717) is 24.4 Å². The molecule has 0 heterocycles. The second-order valence-corrected chi connectivity index (χ2v) is 5.74. The summed E-state index contributed by atoms with van der Waals surface area (Å²) in [5, 5.41) is 27.9. The maximum Gasteiger partial charge on any atom is 0.0462 e. The minimum atomic E-state index is 0.207. The van der Waals surface area contributed by atoms with Crippen molar-refractivity contribution in [3.05, 3.63) is 0 Å². The molecule has 0 bridgehead atoms. The van der Waals surface area contributed by atoms with Gasteiger partial charge in [-0.25, -0.2) is 0 Å². The number of aliphatic hydroxyl groups excluding tert-OH is 3. The Morgan fingerprint density at radius 1 is 0.688 bits per heavy atom. The lowest BCUT2D eigenvalue weighted by atomic mass is 9.62. The zero-order valence-corrected chi connectivity index (χ0v) is 9.89. The standard InChI is InChI=1S/C13H24O3/c14-6-9-1-2-10-4-12(7-15)13(8-16)5-11(10)3-9/h9-16H,1-8H2. The molecule has 2 fully saturated rings. The van der Waals surface area contributed by atoms with Crippen molar-refractivity contribution in [2.45, 2.75) is 32.1 Å². The Morgan fingerprint density at radius 3 is 1.88 bits per heavy atom. The number of fused-ring (bicyclic) bond motifs is 1. The molecule has 2 saturated carbocycles. The van der Waals surface area contributed by atoms with Gasteiger partial charge < -0.3 is 15.3 Å². The molecule has 3 nitrogen and oxygen atoms in total. The van der Waals surface area contributed by atoms with Crippen LogP contribution in [0.4, 0.5) is 0 Å². The Labute approximate surface area is 97.5 Å². The average molecular weight is 228 g/mol. The fraction of sp³-hybridized carbons (Fsp3) is 1.00. The van der Waals surface area contributed by atoms with Crippen LogP contribution in [0.25, 0.3) is 0 Å². The molecule has 3 N–H and O–H groups in total. The van der Waals surface area contributed by atoms with Gasteiger partial charge in [0.1, 0.15) is 0 Å². The topological polar surface area (TPSA) is 60.7 Å². The zero-order chi connectivity index (χ0) is 11.5. The molecule has 0 amide bonds. The molecule has 0 radical (unpaired) electrons. The van der Waals surface area contributed by atoms with Gasteiger partial charge in [0.2, 0.25) is 0 Å². The van der Waals surface area contributed by atoms with Crippen LogP contribution in [-0.4, -0.2) is 35.1 Å². The van der Waals surface area contributed by atoms with Gasteiger partial charge in [0.05, 0.1) is 0 Å². The molecule has 5 atom stereocenters. The minimum absolute atomic E-state index is 0.207. The van der Waals surface area contributed by atoms with Crippen molar-refractivity contribution in [1.82, 2.24) is 0 Å². The van der Waals surface area contributed by atoms with E-state index >= 15 is 0 Å². The second-order valence-electron chi connectivity index (χ2n) is 5.74. The van der Waals surface area contributed by atoms with E-state index in [1.165, 1.54) is 6.42 Å². The first kappa shape index (κ1) is 12.3. The molecule has 0 aromatic carbocycles. The minimum Gasteiger partial charge on any atom is -0.396 e. The van der Waals surface area contributed by atoms with Gasteiger partial charge in [-0.15, -0.1) is 0 Å². The summed E-state index contributed by atoms with van der Waals surface area (Å²) in [4.78, 5) is 0. The van der Waals surface area contributed by atoms with Gasteiger partial charge in [0.15, 0.2) is 0 Å². The first-order valence-corrected chi connectivity index (χ1v) is 6.61. The van der Waals surface area contributed by atoms with Crippen molar-refractivity contribution in [2.24, 2.45) is 29.6 Å². The third kappa shape index (κ3) is 2.41. The van der Waals surface area contributed by atoms with Crippen LogP contribution in [0.5, 0.6) is 0 Å². The molecule has 0 aliphatic heterocycles. The van der Waals surface area contributed by atoms with Crippen LogP contribution < -0.4 is 0 Å². The summed E-state index contributed by atoms with van der Waals surface area (Å²) in [5.74, 6) is 2.46. The zero-order valence-electron chi connectivity index (χ0n) is 9.89. The molecular formula is C13H24O3. The van der Waals surface area contributed by atoms with E-state index in [1.54, 1.807) is 0 Å². The highest BCUT2D eigenvalue weighted by atomic mass is 16.3. The van der Waals surface area contributed by atoms with Crippen molar-refractivity contribution < 1.29 is 15.3 Å². The molecule has 0 spiro atoms. The van der Waals surface area contributed by atoms with Gasteiger partial charge in [-0.3, -0.25) is 0 Å². The SMILES string of the molecule is OCC1CCC2CC(CO)C(CO)CC2C1. The van der Waals surface area contributed by atoms with Crippen LogP contribution in [0.2, 0.25) is 0 Å². The van der Waals surface area contributed by atoms with Gasteiger partial charge in [0.25, 0.3) is 0 Å². The van der Waals surface area contributed by atoms with Crippen molar-refractivity contribution in [3.8, 4) is 0 Å². The van der Waals surface area contributed by atoms with Crippen LogP contribution in [-0.2, 0) is 0 Å². The van der Waals surface area contributed by atoms with Crippen LogP contribution >= 0.6 is 0 Å². The van der Waals surface area contributed by atoms with Gasteiger partial charge in [-0.1, -0.05) is 0 Å².